The topological polar surface area (TPSA) is 3.24 Å². The fourth-order valence-electron chi connectivity index (χ4n) is 6.57. The lowest BCUT2D eigenvalue weighted by Gasteiger charge is -2.42. The van der Waals surface area contributed by atoms with Crippen molar-refractivity contribution in [2.75, 3.05) is 4.90 Å². The number of benzene rings is 4. The first-order valence-electron chi connectivity index (χ1n) is 14.2. The molecule has 0 spiro atoms. The second kappa shape index (κ2) is 9.45. The molecule has 0 amide bonds. The summed E-state index contributed by atoms with van der Waals surface area (Å²) in [5.41, 5.74) is 13.6. The van der Waals surface area contributed by atoms with Crippen LogP contribution in [-0.4, -0.2) is 5.54 Å². The van der Waals surface area contributed by atoms with Gasteiger partial charge in [0.15, 0.2) is 0 Å². The number of fused-ring (bicyclic) bond motifs is 3. The van der Waals surface area contributed by atoms with Crippen LogP contribution in [0.2, 0.25) is 0 Å². The van der Waals surface area contributed by atoms with Crippen molar-refractivity contribution in [3.8, 4) is 22.3 Å². The second-order valence-electron chi connectivity index (χ2n) is 13.0. The van der Waals surface area contributed by atoms with Crippen LogP contribution in [0.1, 0.15) is 96.4 Å². The first-order chi connectivity index (χ1) is 17.9. The molecule has 1 aliphatic rings. The van der Waals surface area contributed by atoms with Crippen molar-refractivity contribution in [2.45, 2.75) is 85.1 Å². The number of hydrogen-bond acceptors (Lipinski definition) is 1. The maximum Gasteiger partial charge on any atom is 0.0454 e. The summed E-state index contributed by atoms with van der Waals surface area (Å²) in [6, 6.07) is 31.6. The van der Waals surface area contributed by atoms with E-state index in [1.54, 1.807) is 0 Å². The Morgan fingerprint density at radius 3 is 1.89 bits per heavy atom. The Labute approximate surface area is 230 Å². The van der Waals surface area contributed by atoms with E-state index in [-0.39, 0.29) is 11.0 Å². The molecule has 0 aromatic heterocycles. The molecular formula is C37H43N. The molecule has 0 saturated carbocycles. The largest absolute Gasteiger partial charge is 0.336 e. The summed E-state index contributed by atoms with van der Waals surface area (Å²) in [5.74, 6) is 0.792. The fraction of sp³-hybridized carbons (Fsp3) is 0.351. The first-order valence-corrected chi connectivity index (χ1v) is 14.2. The maximum atomic E-state index is 2.62. The summed E-state index contributed by atoms with van der Waals surface area (Å²) in [5, 5.41) is 0. The predicted molar refractivity (Wildman–Crippen MR) is 166 cm³/mol. The molecule has 0 heterocycles. The molecule has 1 heteroatoms. The van der Waals surface area contributed by atoms with Gasteiger partial charge >= 0.3 is 0 Å². The maximum absolute atomic E-state index is 2.62. The Balaban J connectivity index is 1.77. The number of rotatable bonds is 5. The van der Waals surface area contributed by atoms with Crippen molar-refractivity contribution in [1.29, 1.82) is 0 Å². The van der Waals surface area contributed by atoms with Gasteiger partial charge in [0.25, 0.3) is 0 Å². The highest BCUT2D eigenvalue weighted by molar-refractivity contribution is 5.87. The predicted octanol–water partition coefficient (Wildman–Crippen LogP) is 10.8. The smallest absolute Gasteiger partial charge is 0.0454 e. The molecule has 0 unspecified atom stereocenters. The van der Waals surface area contributed by atoms with Gasteiger partial charge in [-0.3, -0.25) is 0 Å². The molecule has 4 aromatic carbocycles. The van der Waals surface area contributed by atoms with E-state index in [1.807, 2.05) is 0 Å². The van der Waals surface area contributed by atoms with Gasteiger partial charge in [0, 0.05) is 22.3 Å². The Hall–Kier alpha value is -3.32. The van der Waals surface area contributed by atoms with Gasteiger partial charge in [-0.1, -0.05) is 108 Å². The summed E-state index contributed by atoms with van der Waals surface area (Å²) < 4.78 is 0. The van der Waals surface area contributed by atoms with Gasteiger partial charge in [0.05, 0.1) is 0 Å². The third-order valence-electron chi connectivity index (χ3n) is 8.22. The zero-order valence-corrected chi connectivity index (χ0v) is 24.7. The van der Waals surface area contributed by atoms with Crippen LogP contribution >= 0.6 is 0 Å². The number of anilines is 2. The molecule has 38 heavy (non-hydrogen) atoms. The van der Waals surface area contributed by atoms with Crippen molar-refractivity contribution >= 4 is 11.4 Å². The van der Waals surface area contributed by atoms with Gasteiger partial charge < -0.3 is 4.90 Å². The lowest BCUT2D eigenvalue weighted by molar-refractivity contribution is 0.552. The molecule has 0 fully saturated rings. The average Bonchev–Trinajstić information content (AvgIpc) is 3.10. The van der Waals surface area contributed by atoms with E-state index in [0.29, 0.717) is 11.8 Å². The fourth-order valence-corrected chi connectivity index (χ4v) is 6.57. The van der Waals surface area contributed by atoms with Crippen molar-refractivity contribution in [3.63, 3.8) is 0 Å². The molecule has 0 bridgehead atoms. The van der Waals surface area contributed by atoms with Gasteiger partial charge in [-0.05, 0) is 95.3 Å². The van der Waals surface area contributed by atoms with Crippen molar-refractivity contribution in [2.24, 2.45) is 0 Å². The summed E-state index contributed by atoms with van der Waals surface area (Å²) in [6.07, 6.45) is 0. The minimum Gasteiger partial charge on any atom is -0.336 e. The highest BCUT2D eigenvalue weighted by Crippen LogP contribution is 2.54. The van der Waals surface area contributed by atoms with Gasteiger partial charge in [-0.15, -0.1) is 0 Å². The van der Waals surface area contributed by atoms with Gasteiger partial charge in [-0.25, -0.2) is 0 Å². The zero-order valence-electron chi connectivity index (χ0n) is 24.7. The Kier molecular flexibility index (Phi) is 6.54. The van der Waals surface area contributed by atoms with Crippen LogP contribution in [0.3, 0.4) is 0 Å². The highest BCUT2D eigenvalue weighted by Gasteiger charge is 2.40. The van der Waals surface area contributed by atoms with E-state index < -0.39 is 0 Å². The minimum atomic E-state index is -0.106. The Morgan fingerprint density at radius 1 is 0.632 bits per heavy atom. The molecule has 1 nitrogen and oxygen atoms in total. The molecule has 0 radical (unpaired) electrons. The number of nitrogens with zero attached hydrogens (tertiary/aromatic N) is 1. The third kappa shape index (κ3) is 4.27. The van der Waals surface area contributed by atoms with Crippen LogP contribution in [-0.2, 0) is 5.41 Å². The molecule has 4 aromatic rings. The van der Waals surface area contributed by atoms with Crippen LogP contribution in [0.5, 0.6) is 0 Å². The molecule has 1 aliphatic carbocycles. The molecule has 196 valence electrons. The SMILES string of the molecule is CC(C)c1cc(-c2ccccc2)ccc1N(c1ccc2c(c1C(C)C)C(C)(C)c1ccccc1-2)C(C)(C)C. The average molecular weight is 502 g/mol. The summed E-state index contributed by atoms with van der Waals surface area (Å²) in [7, 11) is 0. The summed E-state index contributed by atoms with van der Waals surface area (Å²) in [6.45, 7) is 21.2. The molecule has 0 saturated heterocycles. The zero-order chi connectivity index (χ0) is 27.4. The van der Waals surface area contributed by atoms with E-state index in [9.17, 15) is 0 Å². The van der Waals surface area contributed by atoms with Gasteiger partial charge in [0.1, 0.15) is 0 Å². The van der Waals surface area contributed by atoms with E-state index in [4.69, 9.17) is 0 Å². The Morgan fingerprint density at radius 2 is 1.26 bits per heavy atom. The van der Waals surface area contributed by atoms with E-state index >= 15 is 0 Å². The molecule has 0 N–H and O–H groups in total. The van der Waals surface area contributed by atoms with Gasteiger partial charge in [0.2, 0.25) is 0 Å². The van der Waals surface area contributed by atoms with Crippen molar-refractivity contribution in [1.82, 2.24) is 0 Å². The van der Waals surface area contributed by atoms with E-state index in [0.717, 1.165) is 0 Å². The third-order valence-corrected chi connectivity index (χ3v) is 8.22. The lowest BCUT2D eigenvalue weighted by Crippen LogP contribution is -2.39. The Bertz CT molecular complexity index is 1460. The van der Waals surface area contributed by atoms with Crippen molar-refractivity contribution in [3.05, 3.63) is 107 Å². The lowest BCUT2D eigenvalue weighted by atomic mass is 9.77. The standard InChI is InChI=1S/C37H43N/c1-24(2)30-23-27(26-15-11-10-12-16-26)19-21-32(30)38(36(5,6)7)33-22-20-29-28-17-13-14-18-31(28)37(8,9)35(29)34(33)25(3)4/h10-25H,1-9H3. The summed E-state index contributed by atoms with van der Waals surface area (Å²) >= 11 is 0. The first kappa shape index (κ1) is 26.3. The van der Waals surface area contributed by atoms with Crippen molar-refractivity contribution < 1.29 is 0 Å². The monoisotopic (exact) mass is 501 g/mol. The van der Waals surface area contributed by atoms with Gasteiger partial charge in [-0.2, -0.15) is 0 Å². The molecular weight excluding hydrogens is 458 g/mol. The molecule has 0 aliphatic heterocycles. The normalized spacial score (nSPS) is 14.1. The van der Waals surface area contributed by atoms with Crippen LogP contribution in [0.15, 0.2) is 84.9 Å². The van der Waals surface area contributed by atoms with Crippen LogP contribution < -0.4 is 4.90 Å². The van der Waals surface area contributed by atoms with Crippen LogP contribution in [0, 0.1) is 0 Å². The quantitative estimate of drug-likeness (QED) is 0.263. The van der Waals surface area contributed by atoms with E-state index in [2.05, 4.69) is 152 Å². The minimum absolute atomic E-state index is 0.0386. The molecule has 0 atom stereocenters. The second-order valence-corrected chi connectivity index (χ2v) is 13.0. The van der Waals surface area contributed by atoms with Crippen LogP contribution in [0.4, 0.5) is 11.4 Å². The van der Waals surface area contributed by atoms with E-state index in [1.165, 1.54) is 55.9 Å². The van der Waals surface area contributed by atoms with Crippen LogP contribution in [0.25, 0.3) is 22.3 Å². The number of hydrogen-bond donors (Lipinski definition) is 0. The summed E-state index contributed by atoms with van der Waals surface area (Å²) in [4.78, 5) is 2.62. The highest BCUT2D eigenvalue weighted by atomic mass is 15.2. The molecule has 5 rings (SSSR count).